The molecule has 3 aliphatic rings. The van der Waals surface area contributed by atoms with Crippen LogP contribution in [0.3, 0.4) is 0 Å². The molecule has 2 fully saturated rings. The third kappa shape index (κ3) is 4.67. The second-order valence-corrected chi connectivity index (χ2v) is 12.3. The molecule has 38 heavy (non-hydrogen) atoms. The van der Waals surface area contributed by atoms with Crippen LogP contribution in [0.4, 0.5) is 10.5 Å². The Kier molecular flexibility index (Phi) is 6.51. The summed E-state index contributed by atoms with van der Waals surface area (Å²) in [4.78, 5) is 55.1. The molecule has 1 saturated carbocycles. The Morgan fingerprint density at radius 2 is 1.97 bits per heavy atom. The smallest absolute Gasteiger partial charge is 0.411 e. The molecule has 0 radical (unpaired) electrons. The molecule has 1 N–H and O–H groups in total. The minimum absolute atomic E-state index is 0.0112. The van der Waals surface area contributed by atoms with E-state index in [4.69, 9.17) is 4.74 Å². The molecule has 1 saturated heterocycles. The fourth-order valence-corrected chi connectivity index (χ4v) is 6.71. The molecule has 2 bridgehead atoms. The van der Waals surface area contributed by atoms with Crippen LogP contribution < -0.4 is 10.2 Å². The first-order valence-corrected chi connectivity index (χ1v) is 13.6. The highest BCUT2D eigenvalue weighted by atomic mass is 32.1. The van der Waals surface area contributed by atoms with E-state index >= 15 is 0 Å². The van der Waals surface area contributed by atoms with E-state index in [1.807, 2.05) is 24.3 Å². The van der Waals surface area contributed by atoms with Crippen molar-refractivity contribution in [3.63, 3.8) is 0 Å². The van der Waals surface area contributed by atoms with Crippen molar-refractivity contribution >= 4 is 40.7 Å². The van der Waals surface area contributed by atoms with Gasteiger partial charge in [0.05, 0.1) is 17.3 Å². The summed E-state index contributed by atoms with van der Waals surface area (Å²) in [5.41, 5.74) is 1.17. The maximum Gasteiger partial charge on any atom is 0.411 e. The number of nitriles is 1. The van der Waals surface area contributed by atoms with E-state index in [0.29, 0.717) is 17.7 Å². The van der Waals surface area contributed by atoms with E-state index in [0.717, 1.165) is 34.6 Å². The van der Waals surface area contributed by atoms with Crippen molar-refractivity contribution in [3.05, 3.63) is 40.8 Å². The quantitative estimate of drug-likeness (QED) is 0.581. The lowest BCUT2D eigenvalue weighted by atomic mass is 9.97. The average molecular weight is 535 g/mol. The molecule has 9 nitrogen and oxygen atoms in total. The van der Waals surface area contributed by atoms with Crippen LogP contribution in [0.1, 0.15) is 55.3 Å². The maximum atomic E-state index is 13.3. The molecule has 0 unspecified atom stereocenters. The Balaban J connectivity index is 1.27. The van der Waals surface area contributed by atoms with Gasteiger partial charge in [-0.15, -0.1) is 11.3 Å². The Bertz CT molecular complexity index is 1370. The predicted molar refractivity (Wildman–Crippen MR) is 142 cm³/mol. The number of likely N-dealkylation sites (N-methyl/N-ethyl adjacent to an activating group) is 1. The second-order valence-electron chi connectivity index (χ2n) is 11.1. The van der Waals surface area contributed by atoms with Crippen molar-refractivity contribution in [2.45, 2.75) is 70.2 Å². The zero-order valence-electron chi connectivity index (χ0n) is 21.8. The van der Waals surface area contributed by atoms with Crippen molar-refractivity contribution in [1.29, 1.82) is 5.26 Å². The molecule has 5 rings (SSSR count). The average Bonchev–Trinajstić information content (AvgIpc) is 3.64. The summed E-state index contributed by atoms with van der Waals surface area (Å²) in [6, 6.07) is 9.92. The van der Waals surface area contributed by atoms with Gasteiger partial charge in [0.1, 0.15) is 17.7 Å². The summed E-state index contributed by atoms with van der Waals surface area (Å²) < 4.78 is 5.58. The van der Waals surface area contributed by atoms with Gasteiger partial charge in [0.25, 0.3) is 11.7 Å². The predicted octanol–water partition coefficient (Wildman–Crippen LogP) is 3.91. The van der Waals surface area contributed by atoms with Gasteiger partial charge < -0.3 is 15.0 Å². The molecule has 3 heterocycles. The second kappa shape index (κ2) is 9.55. The Hall–Kier alpha value is -3.71. The van der Waals surface area contributed by atoms with Crippen molar-refractivity contribution in [3.8, 4) is 16.5 Å². The number of hydrogen-bond donors (Lipinski definition) is 1. The first kappa shape index (κ1) is 25.9. The molecule has 4 atom stereocenters. The SMILES string of the molecule is CN1C(=O)C(=O)c2ccc(-c3ccc(C[C@@H](C#N)NC(=O)[C@@H]4[C@H]5CC[C@H](C5)N4C(=O)OC(C)(C)C)s3)cc21. The zero-order valence-corrected chi connectivity index (χ0v) is 22.6. The van der Waals surface area contributed by atoms with E-state index in [1.54, 1.807) is 38.8 Å². The number of fused-ring (bicyclic) bond motifs is 3. The highest BCUT2D eigenvalue weighted by molar-refractivity contribution is 7.15. The number of piperidine rings is 1. The van der Waals surface area contributed by atoms with Crippen molar-refractivity contribution in [2.75, 3.05) is 11.9 Å². The van der Waals surface area contributed by atoms with Gasteiger partial charge >= 0.3 is 6.09 Å². The Morgan fingerprint density at radius 1 is 1.21 bits per heavy atom. The molecular weight excluding hydrogens is 504 g/mol. The number of Topliss-reactive ketones (excluding diaryl/α,β-unsaturated/α-hetero) is 1. The van der Waals surface area contributed by atoms with Crippen LogP contribution in [0.5, 0.6) is 0 Å². The number of benzene rings is 1. The molecule has 1 aromatic carbocycles. The van der Waals surface area contributed by atoms with Crippen molar-refractivity contribution in [1.82, 2.24) is 10.2 Å². The van der Waals surface area contributed by atoms with Crippen LogP contribution in [0.15, 0.2) is 30.3 Å². The number of ether oxygens (including phenoxy) is 1. The van der Waals surface area contributed by atoms with Gasteiger partial charge in [0, 0.05) is 29.3 Å². The van der Waals surface area contributed by atoms with Gasteiger partial charge in [0.2, 0.25) is 5.91 Å². The number of anilines is 1. The minimum atomic E-state index is -0.755. The lowest BCUT2D eigenvalue weighted by Gasteiger charge is -2.35. The van der Waals surface area contributed by atoms with Gasteiger partial charge in [-0.05, 0) is 75.8 Å². The highest BCUT2D eigenvalue weighted by Gasteiger charge is 2.52. The molecule has 1 aliphatic carbocycles. The highest BCUT2D eigenvalue weighted by Crippen LogP contribution is 2.43. The summed E-state index contributed by atoms with van der Waals surface area (Å²) in [5, 5.41) is 12.7. The van der Waals surface area contributed by atoms with Gasteiger partial charge in [-0.3, -0.25) is 19.3 Å². The summed E-state index contributed by atoms with van der Waals surface area (Å²) in [6.45, 7) is 5.40. The monoisotopic (exact) mass is 534 g/mol. The fourth-order valence-electron chi connectivity index (χ4n) is 5.66. The Morgan fingerprint density at radius 3 is 2.68 bits per heavy atom. The van der Waals surface area contributed by atoms with Gasteiger partial charge in [-0.2, -0.15) is 5.26 Å². The molecule has 1 aromatic heterocycles. The standard InChI is InChI=1S/C28H30N4O5S/c1-28(2,3)37-27(36)32-18-7-5-16(11-18)23(32)25(34)30-17(14-29)13-19-8-10-22(38-19)15-6-9-20-21(12-15)31(4)26(35)24(20)33/h6,8-10,12,16-18,23H,5,7,11,13H2,1-4H3,(H,30,34)/t16-,17-,18+,23-/m0/s1. The van der Waals surface area contributed by atoms with E-state index in [-0.39, 0.29) is 17.9 Å². The van der Waals surface area contributed by atoms with Gasteiger partial charge in [-0.25, -0.2) is 4.79 Å². The summed E-state index contributed by atoms with van der Waals surface area (Å²) in [7, 11) is 1.58. The van der Waals surface area contributed by atoms with Crippen LogP contribution in [0.25, 0.3) is 10.4 Å². The summed E-state index contributed by atoms with van der Waals surface area (Å²) >= 11 is 1.49. The largest absolute Gasteiger partial charge is 0.444 e. The van der Waals surface area contributed by atoms with Crippen LogP contribution in [0.2, 0.25) is 0 Å². The molecule has 2 aliphatic heterocycles. The number of nitrogens with one attached hydrogen (secondary N) is 1. The fraction of sp³-hybridized carbons (Fsp3) is 0.464. The number of hydrogen-bond acceptors (Lipinski definition) is 7. The Labute approximate surface area is 225 Å². The van der Waals surface area contributed by atoms with Crippen molar-refractivity contribution < 1.29 is 23.9 Å². The number of nitrogens with zero attached hydrogens (tertiary/aromatic N) is 3. The molecular formula is C28H30N4O5S. The van der Waals surface area contributed by atoms with Crippen molar-refractivity contribution in [2.24, 2.45) is 5.92 Å². The molecule has 10 heteroatoms. The minimum Gasteiger partial charge on any atom is -0.444 e. The topological polar surface area (TPSA) is 120 Å². The van der Waals surface area contributed by atoms with Gasteiger partial charge in [-0.1, -0.05) is 6.07 Å². The molecule has 198 valence electrons. The number of carbonyl (C=O) groups excluding carboxylic acids is 4. The van der Waals surface area contributed by atoms with Gasteiger partial charge in [0.15, 0.2) is 0 Å². The molecule has 2 aromatic rings. The lowest BCUT2D eigenvalue weighted by Crippen LogP contribution is -2.55. The normalized spacial score (nSPS) is 22.9. The van der Waals surface area contributed by atoms with E-state index in [1.165, 1.54) is 16.2 Å². The zero-order chi connectivity index (χ0) is 27.4. The van der Waals surface area contributed by atoms with Crippen LogP contribution in [-0.2, 0) is 20.7 Å². The van der Waals surface area contributed by atoms with E-state index in [9.17, 15) is 24.4 Å². The number of amides is 3. The maximum absolute atomic E-state index is 13.3. The van der Waals surface area contributed by atoms with E-state index < -0.39 is 35.5 Å². The number of carbonyl (C=O) groups is 4. The third-order valence-electron chi connectivity index (χ3n) is 7.38. The first-order chi connectivity index (χ1) is 18.0. The molecule has 0 spiro atoms. The van der Waals surface area contributed by atoms with E-state index in [2.05, 4.69) is 11.4 Å². The summed E-state index contributed by atoms with van der Waals surface area (Å²) in [5.74, 6) is -1.30. The number of rotatable bonds is 5. The number of thiophene rings is 1. The lowest BCUT2D eigenvalue weighted by molar-refractivity contribution is -0.128. The number of ketones is 1. The molecule has 3 amide bonds. The van der Waals surface area contributed by atoms with Crippen LogP contribution in [0, 0.1) is 17.2 Å². The van der Waals surface area contributed by atoms with Crippen LogP contribution >= 0.6 is 11.3 Å². The first-order valence-electron chi connectivity index (χ1n) is 12.7. The third-order valence-corrected chi connectivity index (χ3v) is 8.54. The summed E-state index contributed by atoms with van der Waals surface area (Å²) in [6.07, 6.45) is 2.34. The number of likely N-dealkylation sites (tertiary alicyclic amines) is 1. The van der Waals surface area contributed by atoms with Crippen LogP contribution in [-0.4, -0.2) is 59.4 Å².